The van der Waals surface area contributed by atoms with E-state index < -0.39 is 17.4 Å². The van der Waals surface area contributed by atoms with E-state index in [0.29, 0.717) is 5.69 Å². The number of alkyl halides is 3. The van der Waals surface area contributed by atoms with Gasteiger partial charge in [-0.15, -0.1) is 10.2 Å². The Labute approximate surface area is 169 Å². The number of halogens is 3. The summed E-state index contributed by atoms with van der Waals surface area (Å²) in [4.78, 5) is 12.9. The molecule has 1 aliphatic carbocycles. The number of benzene rings is 1. The van der Waals surface area contributed by atoms with Crippen molar-refractivity contribution in [2.75, 3.05) is 0 Å². The van der Waals surface area contributed by atoms with Crippen molar-refractivity contribution in [1.82, 2.24) is 23.7 Å². The molecule has 0 bridgehead atoms. The highest BCUT2D eigenvalue weighted by atomic mass is 19.4. The third-order valence-corrected chi connectivity index (χ3v) is 5.87. The van der Waals surface area contributed by atoms with E-state index in [2.05, 4.69) is 10.2 Å². The predicted octanol–water partition coefficient (Wildman–Crippen LogP) is 3.51. The highest BCUT2D eigenvalue weighted by Gasteiger charge is 2.34. The number of aryl methyl sites for hydroxylation is 1. The van der Waals surface area contributed by atoms with Crippen LogP contribution in [-0.2, 0) is 26.1 Å². The molecule has 4 aromatic rings. The zero-order valence-corrected chi connectivity index (χ0v) is 16.1. The van der Waals surface area contributed by atoms with Crippen LogP contribution in [0.3, 0.4) is 0 Å². The summed E-state index contributed by atoms with van der Waals surface area (Å²) >= 11 is 0. The first-order chi connectivity index (χ1) is 14.3. The summed E-state index contributed by atoms with van der Waals surface area (Å²) in [6.07, 6.45) is 2.13. The first-order valence-electron chi connectivity index (χ1n) is 9.59. The molecule has 0 saturated heterocycles. The van der Waals surface area contributed by atoms with E-state index in [-0.39, 0.29) is 11.4 Å². The maximum absolute atomic E-state index is 13.4. The van der Waals surface area contributed by atoms with Crippen molar-refractivity contribution in [1.29, 1.82) is 0 Å². The second-order valence-corrected chi connectivity index (χ2v) is 7.60. The standard InChI is InChI=1S/C21H18F3N5O/c1-27-12-25-26-19(27)10-13-7-8-15-14(13)4-2-6-17(15)29-11-18-16(21(22,23)24)5-3-9-28(18)20(29)30/h2-6,9,11-13H,7-8,10H2,1H3/t13-/m1/s1. The second kappa shape index (κ2) is 6.58. The molecule has 0 unspecified atom stereocenters. The summed E-state index contributed by atoms with van der Waals surface area (Å²) in [6.45, 7) is 0. The van der Waals surface area contributed by atoms with Crippen molar-refractivity contribution in [3.63, 3.8) is 0 Å². The average Bonchev–Trinajstić information content (AvgIpc) is 3.40. The van der Waals surface area contributed by atoms with E-state index in [4.69, 9.17) is 0 Å². The van der Waals surface area contributed by atoms with Gasteiger partial charge in [0.2, 0.25) is 0 Å². The Balaban J connectivity index is 1.62. The lowest BCUT2D eigenvalue weighted by molar-refractivity contribution is -0.136. The molecule has 0 amide bonds. The lowest BCUT2D eigenvalue weighted by atomic mass is 9.97. The second-order valence-electron chi connectivity index (χ2n) is 7.60. The Morgan fingerprint density at radius 2 is 2.03 bits per heavy atom. The zero-order valence-electron chi connectivity index (χ0n) is 16.1. The van der Waals surface area contributed by atoms with E-state index in [0.717, 1.165) is 46.7 Å². The Morgan fingerprint density at radius 3 is 2.77 bits per heavy atom. The highest BCUT2D eigenvalue weighted by Crippen LogP contribution is 2.38. The molecule has 9 heteroatoms. The maximum atomic E-state index is 13.4. The molecule has 1 aromatic carbocycles. The van der Waals surface area contributed by atoms with Crippen LogP contribution in [0.2, 0.25) is 0 Å². The van der Waals surface area contributed by atoms with Crippen LogP contribution in [-0.4, -0.2) is 23.7 Å². The van der Waals surface area contributed by atoms with Gasteiger partial charge in [0.25, 0.3) is 0 Å². The van der Waals surface area contributed by atoms with Crippen LogP contribution in [0.1, 0.15) is 34.9 Å². The topological polar surface area (TPSA) is 57.1 Å². The van der Waals surface area contributed by atoms with Gasteiger partial charge in [0.15, 0.2) is 0 Å². The fraction of sp³-hybridized carbons (Fsp3) is 0.286. The van der Waals surface area contributed by atoms with Crippen LogP contribution in [0.5, 0.6) is 0 Å². The number of aromatic nitrogens is 5. The van der Waals surface area contributed by atoms with Gasteiger partial charge in [-0.3, -0.25) is 8.97 Å². The molecule has 0 saturated carbocycles. The molecule has 0 fully saturated rings. The minimum atomic E-state index is -4.54. The number of imidazole rings is 1. The quantitative estimate of drug-likeness (QED) is 0.517. The third-order valence-electron chi connectivity index (χ3n) is 5.87. The van der Waals surface area contributed by atoms with Gasteiger partial charge in [0.05, 0.1) is 16.8 Å². The smallest absolute Gasteiger partial charge is 0.321 e. The van der Waals surface area contributed by atoms with Gasteiger partial charge in [-0.1, -0.05) is 12.1 Å². The van der Waals surface area contributed by atoms with E-state index in [9.17, 15) is 18.0 Å². The monoisotopic (exact) mass is 413 g/mol. The lowest BCUT2D eigenvalue weighted by Gasteiger charge is -2.12. The summed E-state index contributed by atoms with van der Waals surface area (Å²) in [7, 11) is 1.89. The molecule has 3 aromatic heterocycles. The predicted molar refractivity (Wildman–Crippen MR) is 104 cm³/mol. The van der Waals surface area contributed by atoms with Crippen molar-refractivity contribution < 1.29 is 13.2 Å². The summed E-state index contributed by atoms with van der Waals surface area (Å²) < 4.78 is 44.5. The van der Waals surface area contributed by atoms with Gasteiger partial charge in [0.1, 0.15) is 12.2 Å². The van der Waals surface area contributed by atoms with Gasteiger partial charge in [0, 0.05) is 25.9 Å². The number of hydrogen-bond acceptors (Lipinski definition) is 3. The number of pyridine rings is 1. The van der Waals surface area contributed by atoms with Crippen LogP contribution < -0.4 is 5.69 Å². The Hall–Kier alpha value is -3.36. The molecule has 5 rings (SSSR count). The van der Waals surface area contributed by atoms with E-state index in [1.807, 2.05) is 23.7 Å². The van der Waals surface area contributed by atoms with Crippen LogP contribution in [0, 0.1) is 0 Å². The number of nitrogens with zero attached hydrogens (tertiary/aromatic N) is 5. The average molecular weight is 413 g/mol. The minimum absolute atomic E-state index is 0.152. The van der Waals surface area contributed by atoms with Gasteiger partial charge in [-0.25, -0.2) is 4.79 Å². The summed E-state index contributed by atoms with van der Waals surface area (Å²) in [5, 5.41) is 8.08. The van der Waals surface area contributed by atoms with Crippen LogP contribution in [0.4, 0.5) is 13.2 Å². The molecule has 6 nitrogen and oxygen atoms in total. The largest absolute Gasteiger partial charge is 0.418 e. The summed E-state index contributed by atoms with van der Waals surface area (Å²) in [5.41, 5.74) is 1.25. The van der Waals surface area contributed by atoms with Gasteiger partial charge < -0.3 is 4.57 Å². The van der Waals surface area contributed by atoms with Crippen molar-refractivity contribution in [3.05, 3.63) is 82.1 Å². The molecular formula is C21H18F3N5O. The lowest BCUT2D eigenvalue weighted by Crippen LogP contribution is -2.19. The SMILES string of the molecule is Cn1cnnc1C[C@H]1CCc2c1cccc2-n1cc2c(C(F)(F)F)cccn2c1=O. The summed E-state index contributed by atoms with van der Waals surface area (Å²) in [5.74, 6) is 1.10. The molecule has 0 radical (unpaired) electrons. The Morgan fingerprint density at radius 1 is 1.20 bits per heavy atom. The number of rotatable bonds is 3. The van der Waals surface area contributed by atoms with Crippen LogP contribution in [0.15, 0.2) is 53.8 Å². The minimum Gasteiger partial charge on any atom is -0.321 e. The molecular weight excluding hydrogens is 395 g/mol. The van der Waals surface area contributed by atoms with E-state index in [1.165, 1.54) is 23.0 Å². The maximum Gasteiger partial charge on any atom is 0.418 e. The van der Waals surface area contributed by atoms with Crippen molar-refractivity contribution in [2.24, 2.45) is 7.05 Å². The molecule has 1 aliphatic rings. The third kappa shape index (κ3) is 2.84. The fourth-order valence-electron chi connectivity index (χ4n) is 4.40. The summed E-state index contributed by atoms with van der Waals surface area (Å²) in [6, 6.07) is 7.90. The number of fused-ring (bicyclic) bond motifs is 2. The van der Waals surface area contributed by atoms with Crippen LogP contribution >= 0.6 is 0 Å². The number of hydrogen-bond donors (Lipinski definition) is 0. The first kappa shape index (κ1) is 18.7. The molecule has 0 N–H and O–H groups in total. The van der Waals surface area contributed by atoms with E-state index >= 15 is 0 Å². The van der Waals surface area contributed by atoms with Crippen molar-refractivity contribution in [3.8, 4) is 5.69 Å². The normalized spacial score (nSPS) is 16.3. The van der Waals surface area contributed by atoms with E-state index in [1.54, 1.807) is 12.4 Å². The molecule has 1 atom stereocenters. The van der Waals surface area contributed by atoms with Crippen LogP contribution in [0.25, 0.3) is 11.2 Å². The van der Waals surface area contributed by atoms with Gasteiger partial charge in [-0.05, 0) is 48.1 Å². The first-order valence-corrected chi connectivity index (χ1v) is 9.59. The zero-order chi connectivity index (χ0) is 21.0. The molecule has 0 spiro atoms. The molecule has 30 heavy (non-hydrogen) atoms. The Bertz CT molecular complexity index is 1310. The fourth-order valence-corrected chi connectivity index (χ4v) is 4.40. The molecule has 154 valence electrons. The van der Waals surface area contributed by atoms with Gasteiger partial charge in [-0.2, -0.15) is 13.2 Å². The van der Waals surface area contributed by atoms with Crippen molar-refractivity contribution >= 4 is 5.52 Å². The molecule has 0 aliphatic heterocycles. The van der Waals surface area contributed by atoms with Crippen molar-refractivity contribution in [2.45, 2.75) is 31.4 Å². The van der Waals surface area contributed by atoms with Gasteiger partial charge >= 0.3 is 11.9 Å². The Kier molecular flexibility index (Phi) is 4.09. The highest BCUT2D eigenvalue weighted by molar-refractivity contribution is 5.58. The molecule has 3 heterocycles.